The number of rotatable bonds is 11. The molecular formula is C27H38FN3O4S. The molecule has 36 heavy (non-hydrogen) atoms. The Kier molecular flexibility index (Phi) is 10.0. The van der Waals surface area contributed by atoms with Crippen LogP contribution < -0.4 is 9.62 Å². The molecular weight excluding hydrogens is 481 g/mol. The maximum atomic E-state index is 13.5. The van der Waals surface area contributed by atoms with E-state index in [9.17, 15) is 22.4 Å². The van der Waals surface area contributed by atoms with Gasteiger partial charge in [0.05, 0.1) is 11.9 Å². The predicted octanol–water partition coefficient (Wildman–Crippen LogP) is 4.40. The molecule has 0 aromatic heterocycles. The van der Waals surface area contributed by atoms with Gasteiger partial charge in [-0.2, -0.15) is 0 Å². The number of aryl methyl sites for hydroxylation is 1. The van der Waals surface area contributed by atoms with Crippen LogP contribution >= 0.6 is 0 Å². The third-order valence-electron chi connectivity index (χ3n) is 5.75. The minimum absolute atomic E-state index is 0.0540. The van der Waals surface area contributed by atoms with Crippen molar-refractivity contribution in [2.24, 2.45) is 0 Å². The number of carbonyl (C=O) groups is 2. The molecule has 0 saturated heterocycles. The third-order valence-corrected chi connectivity index (χ3v) is 6.95. The summed E-state index contributed by atoms with van der Waals surface area (Å²) >= 11 is 0. The number of nitrogens with zero attached hydrogens (tertiary/aromatic N) is 2. The molecule has 1 N–H and O–H groups in total. The number of hydrogen-bond donors (Lipinski definition) is 1. The molecule has 0 aliphatic rings. The minimum atomic E-state index is -3.64. The average Bonchev–Trinajstić information content (AvgIpc) is 2.76. The number of sulfonamides is 1. The van der Waals surface area contributed by atoms with E-state index in [1.165, 1.54) is 24.3 Å². The van der Waals surface area contributed by atoms with Gasteiger partial charge in [0, 0.05) is 25.0 Å². The molecule has 9 heteroatoms. The summed E-state index contributed by atoms with van der Waals surface area (Å²) in [5.74, 6) is -0.925. The second-order valence-electron chi connectivity index (χ2n) is 10.0. The zero-order chi connectivity index (χ0) is 27.1. The fraction of sp³-hybridized carbons (Fsp3) is 0.481. The van der Waals surface area contributed by atoms with Gasteiger partial charge in [0.1, 0.15) is 11.9 Å². The summed E-state index contributed by atoms with van der Waals surface area (Å²) in [6, 6.07) is 12.2. The van der Waals surface area contributed by atoms with Crippen molar-refractivity contribution in [2.45, 2.75) is 72.0 Å². The van der Waals surface area contributed by atoms with Gasteiger partial charge in [0.25, 0.3) is 0 Å². The molecule has 0 saturated carbocycles. The summed E-state index contributed by atoms with van der Waals surface area (Å²) in [6.45, 7) is 9.82. The highest BCUT2D eigenvalue weighted by molar-refractivity contribution is 7.92. The van der Waals surface area contributed by atoms with Crippen LogP contribution in [0.4, 0.5) is 10.1 Å². The van der Waals surface area contributed by atoms with Crippen molar-refractivity contribution in [3.8, 4) is 0 Å². The molecule has 0 spiro atoms. The van der Waals surface area contributed by atoms with Crippen molar-refractivity contribution in [3.63, 3.8) is 0 Å². The normalized spacial score (nSPS) is 12.6. The van der Waals surface area contributed by atoms with Gasteiger partial charge < -0.3 is 10.2 Å². The first-order valence-corrected chi connectivity index (χ1v) is 14.0. The second kappa shape index (κ2) is 12.3. The van der Waals surface area contributed by atoms with Crippen molar-refractivity contribution >= 4 is 27.5 Å². The smallest absolute Gasteiger partial charge is 0.243 e. The highest BCUT2D eigenvalue weighted by atomic mass is 32.2. The van der Waals surface area contributed by atoms with Gasteiger partial charge in [-0.15, -0.1) is 0 Å². The number of benzene rings is 2. The van der Waals surface area contributed by atoms with Gasteiger partial charge >= 0.3 is 0 Å². The molecule has 2 aromatic rings. The molecule has 0 unspecified atom stereocenters. The molecule has 0 fully saturated rings. The van der Waals surface area contributed by atoms with Crippen molar-refractivity contribution in [1.82, 2.24) is 10.2 Å². The Morgan fingerprint density at radius 3 is 2.19 bits per heavy atom. The quantitative estimate of drug-likeness (QED) is 0.477. The van der Waals surface area contributed by atoms with E-state index >= 15 is 0 Å². The largest absolute Gasteiger partial charge is 0.350 e. The Hall–Kier alpha value is -2.94. The zero-order valence-electron chi connectivity index (χ0n) is 22.0. The minimum Gasteiger partial charge on any atom is -0.350 e. The van der Waals surface area contributed by atoms with E-state index in [0.717, 1.165) is 21.7 Å². The SMILES string of the molecule is CC[C@H](C(=O)NC(C)(C)C)N(Cc1ccccc1C)C(=O)CCCN(c1ccc(F)cc1)S(C)(=O)=O. The molecule has 0 aliphatic carbocycles. The van der Waals surface area contributed by atoms with Gasteiger partial charge in [-0.3, -0.25) is 13.9 Å². The number of hydrogen-bond acceptors (Lipinski definition) is 4. The Morgan fingerprint density at radius 2 is 1.67 bits per heavy atom. The van der Waals surface area contributed by atoms with Crippen LogP contribution in [0, 0.1) is 12.7 Å². The zero-order valence-corrected chi connectivity index (χ0v) is 22.9. The molecule has 2 rings (SSSR count). The van der Waals surface area contributed by atoms with Crippen LogP contribution in [-0.4, -0.2) is 49.5 Å². The van der Waals surface area contributed by atoms with Gasteiger partial charge in [0.2, 0.25) is 21.8 Å². The fourth-order valence-electron chi connectivity index (χ4n) is 3.95. The number of nitrogens with one attached hydrogen (secondary N) is 1. The van der Waals surface area contributed by atoms with Crippen LogP contribution in [0.1, 0.15) is 58.1 Å². The van der Waals surface area contributed by atoms with Gasteiger partial charge in [-0.05, 0) is 75.9 Å². The lowest BCUT2D eigenvalue weighted by atomic mass is 10.0. The van der Waals surface area contributed by atoms with E-state index in [1.807, 2.05) is 58.9 Å². The van der Waals surface area contributed by atoms with Gasteiger partial charge in [-0.25, -0.2) is 12.8 Å². The lowest BCUT2D eigenvalue weighted by Gasteiger charge is -2.33. The first-order valence-electron chi connectivity index (χ1n) is 12.1. The Bertz CT molecular complexity index is 1140. The summed E-state index contributed by atoms with van der Waals surface area (Å²) in [7, 11) is -3.64. The van der Waals surface area contributed by atoms with Crippen molar-refractivity contribution in [3.05, 3.63) is 65.5 Å². The van der Waals surface area contributed by atoms with Crippen LogP contribution in [-0.2, 0) is 26.2 Å². The molecule has 198 valence electrons. The van der Waals surface area contributed by atoms with E-state index in [1.54, 1.807) is 4.90 Å². The van der Waals surface area contributed by atoms with Crippen LogP contribution in [0.5, 0.6) is 0 Å². The lowest BCUT2D eigenvalue weighted by molar-refractivity contribution is -0.142. The summed E-state index contributed by atoms with van der Waals surface area (Å²) in [5, 5.41) is 2.98. The molecule has 1 atom stereocenters. The first kappa shape index (κ1) is 29.3. The van der Waals surface area contributed by atoms with Crippen LogP contribution in [0.2, 0.25) is 0 Å². The van der Waals surface area contributed by atoms with Crippen molar-refractivity contribution < 1.29 is 22.4 Å². The highest BCUT2D eigenvalue weighted by Crippen LogP contribution is 2.21. The summed E-state index contributed by atoms with van der Waals surface area (Å²) < 4.78 is 39.2. The van der Waals surface area contributed by atoms with Crippen LogP contribution in [0.25, 0.3) is 0 Å². The Labute approximate surface area is 214 Å². The van der Waals surface area contributed by atoms with Gasteiger partial charge in [-0.1, -0.05) is 31.2 Å². The summed E-state index contributed by atoms with van der Waals surface area (Å²) in [5.41, 5.74) is 1.84. The van der Waals surface area contributed by atoms with Crippen LogP contribution in [0.3, 0.4) is 0 Å². The summed E-state index contributed by atoms with van der Waals surface area (Å²) in [6.07, 6.45) is 1.81. The topological polar surface area (TPSA) is 86.8 Å². The highest BCUT2D eigenvalue weighted by Gasteiger charge is 2.31. The molecule has 2 aromatic carbocycles. The maximum absolute atomic E-state index is 13.5. The van der Waals surface area contributed by atoms with E-state index in [0.29, 0.717) is 12.1 Å². The van der Waals surface area contributed by atoms with E-state index in [-0.39, 0.29) is 37.7 Å². The number of amides is 2. The van der Waals surface area contributed by atoms with Crippen LogP contribution in [0.15, 0.2) is 48.5 Å². The summed E-state index contributed by atoms with van der Waals surface area (Å²) in [4.78, 5) is 28.2. The van der Waals surface area contributed by atoms with E-state index < -0.39 is 27.4 Å². The molecule has 0 aliphatic heterocycles. The number of anilines is 1. The Morgan fingerprint density at radius 1 is 1.06 bits per heavy atom. The molecule has 2 amide bonds. The Balaban J connectivity index is 2.24. The van der Waals surface area contributed by atoms with Gasteiger partial charge in [0.15, 0.2) is 0 Å². The molecule has 7 nitrogen and oxygen atoms in total. The average molecular weight is 520 g/mol. The van der Waals surface area contributed by atoms with Crippen molar-refractivity contribution in [2.75, 3.05) is 17.1 Å². The second-order valence-corrected chi connectivity index (χ2v) is 11.9. The van der Waals surface area contributed by atoms with Crippen molar-refractivity contribution in [1.29, 1.82) is 0 Å². The molecule has 0 heterocycles. The predicted molar refractivity (Wildman–Crippen MR) is 142 cm³/mol. The molecule has 0 bridgehead atoms. The monoisotopic (exact) mass is 519 g/mol. The standard InChI is InChI=1S/C27H38FN3O4S/c1-7-24(26(33)29-27(3,4)5)30(19-21-12-9-8-11-20(21)2)25(32)13-10-18-31(36(6,34)35)23-16-14-22(28)15-17-23/h8-9,11-12,14-17,24H,7,10,13,18-19H2,1-6H3,(H,29,33)/t24-/m1/s1. The molecule has 0 radical (unpaired) electrons. The number of halogens is 1. The lowest BCUT2D eigenvalue weighted by Crippen LogP contribution is -2.53. The fourth-order valence-corrected chi connectivity index (χ4v) is 4.92. The van der Waals surface area contributed by atoms with E-state index in [2.05, 4.69) is 5.32 Å². The number of carbonyl (C=O) groups excluding carboxylic acids is 2. The third kappa shape index (κ3) is 8.62. The maximum Gasteiger partial charge on any atom is 0.243 e. The first-order chi connectivity index (χ1) is 16.7. The van der Waals surface area contributed by atoms with E-state index in [4.69, 9.17) is 0 Å².